The summed E-state index contributed by atoms with van der Waals surface area (Å²) in [5.41, 5.74) is 11.6. The molecule has 0 bridgehead atoms. The van der Waals surface area contributed by atoms with Gasteiger partial charge < -0.3 is 9.64 Å². The van der Waals surface area contributed by atoms with Gasteiger partial charge in [0.15, 0.2) is 0 Å². The van der Waals surface area contributed by atoms with Gasteiger partial charge in [0.1, 0.15) is 11.5 Å². The zero-order valence-corrected chi connectivity index (χ0v) is 24.8. The molecule has 1 aliphatic carbocycles. The highest BCUT2D eigenvalue weighted by atomic mass is 16.5. The first-order chi connectivity index (χ1) is 22.3. The second-order valence-electron chi connectivity index (χ2n) is 12.1. The molecule has 1 spiro atoms. The lowest BCUT2D eigenvalue weighted by Gasteiger charge is -2.49. The lowest BCUT2D eigenvalue weighted by Crippen LogP contribution is -2.41. The van der Waals surface area contributed by atoms with E-state index >= 15 is 0 Å². The minimum atomic E-state index is -0.594. The molecule has 0 unspecified atom stereocenters. The fourth-order valence-electron chi connectivity index (χ4n) is 7.62. The van der Waals surface area contributed by atoms with E-state index in [0.29, 0.717) is 5.92 Å². The molecular formula is C43H31NO. The van der Waals surface area contributed by atoms with Crippen molar-refractivity contribution < 1.29 is 4.74 Å². The van der Waals surface area contributed by atoms with E-state index < -0.39 is 5.41 Å². The van der Waals surface area contributed by atoms with Crippen LogP contribution in [0.5, 0.6) is 11.5 Å². The molecule has 0 atom stereocenters. The van der Waals surface area contributed by atoms with Gasteiger partial charge in [-0.15, -0.1) is 0 Å². The molecular weight excluding hydrogens is 546 g/mol. The zero-order chi connectivity index (χ0) is 29.8. The van der Waals surface area contributed by atoms with E-state index in [1.807, 2.05) is 0 Å². The maximum absolute atomic E-state index is 6.67. The number of fused-ring (bicyclic) bond motifs is 8. The van der Waals surface area contributed by atoms with E-state index in [4.69, 9.17) is 4.74 Å². The number of anilines is 2. The first-order valence-corrected chi connectivity index (χ1v) is 15.7. The molecule has 2 heterocycles. The van der Waals surface area contributed by atoms with Crippen LogP contribution in [-0.2, 0) is 5.41 Å². The van der Waals surface area contributed by atoms with Gasteiger partial charge in [-0.3, -0.25) is 0 Å². The number of ether oxygens (including phenoxy) is 1. The molecule has 0 aromatic heterocycles. The molecule has 0 N–H and O–H groups in total. The van der Waals surface area contributed by atoms with Crippen molar-refractivity contribution in [3.8, 4) is 33.8 Å². The number of hydrogen-bond donors (Lipinski definition) is 0. The predicted molar refractivity (Wildman–Crippen MR) is 184 cm³/mol. The van der Waals surface area contributed by atoms with Crippen LogP contribution in [0.1, 0.15) is 22.3 Å². The van der Waals surface area contributed by atoms with Crippen LogP contribution in [0.2, 0.25) is 0 Å². The van der Waals surface area contributed by atoms with Crippen LogP contribution < -0.4 is 9.64 Å². The largest absolute Gasteiger partial charge is 0.457 e. The van der Waals surface area contributed by atoms with Crippen molar-refractivity contribution in [2.45, 2.75) is 5.41 Å². The van der Waals surface area contributed by atoms with Crippen molar-refractivity contribution in [2.24, 2.45) is 5.92 Å². The second-order valence-corrected chi connectivity index (χ2v) is 12.1. The lowest BCUT2D eigenvalue weighted by atomic mass is 9.60. The van der Waals surface area contributed by atoms with Gasteiger partial charge in [0.05, 0.1) is 5.41 Å². The van der Waals surface area contributed by atoms with Crippen LogP contribution in [0.3, 0.4) is 0 Å². The van der Waals surface area contributed by atoms with Crippen molar-refractivity contribution in [1.29, 1.82) is 0 Å². The Kier molecular flexibility index (Phi) is 5.89. The zero-order valence-electron chi connectivity index (χ0n) is 24.8. The monoisotopic (exact) mass is 577 g/mol. The quantitative estimate of drug-likeness (QED) is 0.206. The molecule has 0 radical (unpaired) electrons. The molecule has 2 aliphatic heterocycles. The van der Waals surface area contributed by atoms with Crippen LogP contribution in [0, 0.1) is 5.92 Å². The Hall–Kier alpha value is -5.60. The van der Waals surface area contributed by atoms with Gasteiger partial charge in [0.25, 0.3) is 0 Å². The van der Waals surface area contributed by atoms with Gasteiger partial charge in [-0.1, -0.05) is 133 Å². The number of hydrogen-bond acceptors (Lipinski definition) is 2. The smallest absolute Gasteiger partial charge is 0.132 e. The summed E-state index contributed by atoms with van der Waals surface area (Å²) >= 11 is 0. The maximum Gasteiger partial charge on any atom is 0.132 e. The molecule has 0 fully saturated rings. The molecule has 6 aromatic carbocycles. The summed E-state index contributed by atoms with van der Waals surface area (Å²) < 4.78 is 6.67. The number of nitrogens with zero attached hydrogens (tertiary/aromatic N) is 1. The maximum atomic E-state index is 6.67. The van der Waals surface area contributed by atoms with Crippen molar-refractivity contribution >= 4 is 11.4 Å². The normalized spacial score (nSPS) is 15.2. The van der Waals surface area contributed by atoms with Crippen molar-refractivity contribution in [2.75, 3.05) is 11.4 Å². The van der Waals surface area contributed by atoms with Crippen LogP contribution in [0.15, 0.2) is 170 Å². The molecule has 0 amide bonds. The molecule has 2 nitrogen and oxygen atoms in total. The van der Waals surface area contributed by atoms with Crippen LogP contribution >= 0.6 is 0 Å². The average molecular weight is 578 g/mol. The number of para-hydroxylation sites is 2. The SMILES string of the molecule is C1=CC(CN2c3ccc(-c4ccccc4)cc3C3(c4ccccc4Oc4ccccc43)c3cc(-c4ccccc4)ccc32)C=C1. The van der Waals surface area contributed by atoms with Crippen LogP contribution in [0.4, 0.5) is 11.4 Å². The first-order valence-electron chi connectivity index (χ1n) is 15.7. The van der Waals surface area contributed by atoms with E-state index in [9.17, 15) is 0 Å². The highest BCUT2D eigenvalue weighted by Crippen LogP contribution is 2.62. The Morgan fingerprint density at radius 2 is 0.933 bits per heavy atom. The third-order valence-corrected chi connectivity index (χ3v) is 9.62. The molecule has 3 aliphatic rings. The third-order valence-electron chi connectivity index (χ3n) is 9.62. The van der Waals surface area contributed by atoms with Crippen molar-refractivity contribution in [1.82, 2.24) is 0 Å². The summed E-state index contributed by atoms with van der Waals surface area (Å²) in [6.07, 6.45) is 8.94. The number of benzene rings is 6. The van der Waals surface area contributed by atoms with E-state index in [-0.39, 0.29) is 0 Å². The second kappa shape index (κ2) is 10.2. The molecule has 2 heteroatoms. The Morgan fingerprint density at radius 3 is 1.44 bits per heavy atom. The Balaban J connectivity index is 1.42. The van der Waals surface area contributed by atoms with Gasteiger partial charge in [0.2, 0.25) is 0 Å². The molecule has 9 rings (SSSR count). The van der Waals surface area contributed by atoms with Crippen LogP contribution in [-0.4, -0.2) is 6.54 Å². The van der Waals surface area contributed by atoms with E-state index in [1.54, 1.807) is 0 Å². The van der Waals surface area contributed by atoms with Crippen molar-refractivity contribution in [3.05, 3.63) is 192 Å². The van der Waals surface area contributed by atoms with Gasteiger partial charge in [-0.05, 0) is 69.8 Å². The first kappa shape index (κ1) is 25.9. The molecule has 214 valence electrons. The molecule has 45 heavy (non-hydrogen) atoms. The highest BCUT2D eigenvalue weighted by molar-refractivity contribution is 5.89. The predicted octanol–water partition coefficient (Wildman–Crippen LogP) is 10.7. The minimum Gasteiger partial charge on any atom is -0.457 e. The summed E-state index contributed by atoms with van der Waals surface area (Å²) in [5, 5.41) is 0. The fraction of sp³-hybridized carbons (Fsp3) is 0.0698. The van der Waals surface area contributed by atoms with E-state index in [1.165, 1.54) is 55.9 Å². The van der Waals surface area contributed by atoms with Crippen LogP contribution in [0.25, 0.3) is 22.3 Å². The summed E-state index contributed by atoms with van der Waals surface area (Å²) in [7, 11) is 0. The Bertz CT molecular complexity index is 1970. The standard InChI is InChI=1S/C43H31NO/c1-3-15-31(16-4-1)33-23-25-39-37(27-33)43(35-19-9-11-21-41(35)45-42-22-12-10-20-36(42)43)38-28-34(32-17-5-2-6-18-32)24-26-40(38)44(39)29-30-13-7-8-14-30/h1-28,30H,29H2. The fourth-order valence-corrected chi connectivity index (χ4v) is 7.62. The van der Waals surface area contributed by atoms with Crippen molar-refractivity contribution in [3.63, 3.8) is 0 Å². The minimum absolute atomic E-state index is 0.330. The summed E-state index contributed by atoms with van der Waals surface area (Å²) in [5.74, 6) is 2.13. The third kappa shape index (κ3) is 3.96. The summed E-state index contributed by atoms with van der Waals surface area (Å²) in [4.78, 5) is 2.55. The van der Waals surface area contributed by atoms with Gasteiger partial charge in [0, 0.05) is 35.0 Å². The topological polar surface area (TPSA) is 12.5 Å². The molecule has 0 saturated carbocycles. The summed E-state index contributed by atoms with van der Waals surface area (Å²) in [6, 6.07) is 52.8. The number of rotatable bonds is 4. The van der Waals surface area contributed by atoms with E-state index in [0.717, 1.165) is 18.0 Å². The molecule has 0 saturated heterocycles. The van der Waals surface area contributed by atoms with Gasteiger partial charge in [-0.25, -0.2) is 0 Å². The molecule has 6 aromatic rings. The highest BCUT2D eigenvalue weighted by Gasteiger charge is 2.51. The average Bonchev–Trinajstić information content (AvgIpc) is 3.63. The van der Waals surface area contributed by atoms with E-state index in [2.05, 4.69) is 175 Å². The Morgan fingerprint density at radius 1 is 0.467 bits per heavy atom. The summed E-state index contributed by atoms with van der Waals surface area (Å²) in [6.45, 7) is 0.859. The van der Waals surface area contributed by atoms with Gasteiger partial charge >= 0.3 is 0 Å². The van der Waals surface area contributed by atoms with Gasteiger partial charge in [-0.2, -0.15) is 0 Å². The lowest BCUT2D eigenvalue weighted by molar-refractivity contribution is 0.433. The Labute approximate surface area is 264 Å². The number of allylic oxidation sites excluding steroid dienone is 2.